The van der Waals surface area contributed by atoms with Gasteiger partial charge in [0.1, 0.15) is 0 Å². The molecule has 1 heterocycles. The number of amides is 1. The van der Waals surface area contributed by atoms with Gasteiger partial charge in [0.15, 0.2) is 0 Å². The Balaban J connectivity index is 0.00000144. The zero-order chi connectivity index (χ0) is 15.7. The molecule has 1 aromatic carbocycles. The van der Waals surface area contributed by atoms with E-state index in [1.54, 1.807) is 0 Å². The Morgan fingerprint density at radius 2 is 1.96 bits per heavy atom. The SMILES string of the molecule is CC1CN(C)c2ccccc2CN1C(=O)C[C@@H]1CCC[C@H]1N.Cl.Cl. The molecule has 136 valence electrons. The van der Waals surface area contributed by atoms with Crippen LogP contribution in [0.2, 0.25) is 0 Å². The average molecular weight is 374 g/mol. The van der Waals surface area contributed by atoms with E-state index < -0.39 is 0 Å². The molecule has 0 saturated heterocycles. The molecule has 1 unspecified atom stereocenters. The number of nitrogens with two attached hydrogens (primary N) is 1. The lowest BCUT2D eigenvalue weighted by Crippen LogP contribution is -2.43. The van der Waals surface area contributed by atoms with Crippen molar-refractivity contribution in [2.75, 3.05) is 18.5 Å². The quantitative estimate of drug-likeness (QED) is 0.865. The molecule has 1 fully saturated rings. The van der Waals surface area contributed by atoms with Crippen molar-refractivity contribution >= 4 is 36.4 Å². The van der Waals surface area contributed by atoms with E-state index in [2.05, 4.69) is 43.1 Å². The monoisotopic (exact) mass is 373 g/mol. The summed E-state index contributed by atoms with van der Waals surface area (Å²) in [4.78, 5) is 17.1. The maximum absolute atomic E-state index is 12.8. The van der Waals surface area contributed by atoms with Crippen LogP contribution in [0.5, 0.6) is 0 Å². The van der Waals surface area contributed by atoms with Gasteiger partial charge in [0.2, 0.25) is 5.91 Å². The maximum atomic E-state index is 12.8. The van der Waals surface area contributed by atoms with Gasteiger partial charge in [0, 0.05) is 44.3 Å². The molecule has 1 aliphatic heterocycles. The molecule has 1 amide bonds. The molecule has 24 heavy (non-hydrogen) atoms. The highest BCUT2D eigenvalue weighted by Gasteiger charge is 2.31. The molecular formula is C18H29Cl2N3O. The number of fused-ring (bicyclic) bond motifs is 1. The van der Waals surface area contributed by atoms with E-state index in [0.717, 1.165) is 19.4 Å². The lowest BCUT2D eigenvalue weighted by atomic mass is 9.99. The number of carbonyl (C=O) groups excluding carboxylic acids is 1. The average Bonchev–Trinajstić information content (AvgIpc) is 2.84. The van der Waals surface area contributed by atoms with Gasteiger partial charge in [-0.25, -0.2) is 0 Å². The van der Waals surface area contributed by atoms with Gasteiger partial charge in [-0.2, -0.15) is 0 Å². The molecule has 0 aromatic heterocycles. The largest absolute Gasteiger partial charge is 0.372 e. The van der Waals surface area contributed by atoms with Crippen LogP contribution in [0.15, 0.2) is 24.3 Å². The number of benzene rings is 1. The summed E-state index contributed by atoms with van der Waals surface area (Å²) in [6.45, 7) is 3.73. The van der Waals surface area contributed by atoms with Crippen LogP contribution in [0, 0.1) is 5.92 Å². The lowest BCUT2D eigenvalue weighted by molar-refractivity contribution is -0.134. The van der Waals surface area contributed by atoms with Gasteiger partial charge in [-0.05, 0) is 37.3 Å². The number of hydrogen-bond acceptors (Lipinski definition) is 3. The fraction of sp³-hybridized carbons (Fsp3) is 0.611. The van der Waals surface area contributed by atoms with E-state index in [4.69, 9.17) is 5.73 Å². The third-order valence-corrected chi connectivity index (χ3v) is 5.29. The summed E-state index contributed by atoms with van der Waals surface area (Å²) >= 11 is 0. The lowest BCUT2D eigenvalue weighted by Gasteiger charge is -2.30. The van der Waals surface area contributed by atoms with Gasteiger partial charge in [-0.1, -0.05) is 24.6 Å². The molecule has 1 aliphatic carbocycles. The molecule has 6 heteroatoms. The molecule has 1 saturated carbocycles. The van der Waals surface area contributed by atoms with Crippen molar-refractivity contribution in [2.45, 2.75) is 51.2 Å². The second-order valence-corrected chi connectivity index (χ2v) is 6.94. The third-order valence-electron chi connectivity index (χ3n) is 5.29. The van der Waals surface area contributed by atoms with E-state index in [1.807, 2.05) is 4.90 Å². The summed E-state index contributed by atoms with van der Waals surface area (Å²) in [5.41, 5.74) is 8.61. The first kappa shape index (κ1) is 21.1. The minimum absolute atomic E-state index is 0. The first-order chi connectivity index (χ1) is 10.6. The van der Waals surface area contributed by atoms with Gasteiger partial charge >= 0.3 is 0 Å². The normalized spacial score (nSPS) is 26.0. The summed E-state index contributed by atoms with van der Waals surface area (Å²) in [5.74, 6) is 0.635. The molecule has 2 aliphatic rings. The van der Waals surface area contributed by atoms with Crippen LogP contribution in [0.4, 0.5) is 5.69 Å². The highest BCUT2D eigenvalue weighted by molar-refractivity contribution is 5.85. The van der Waals surface area contributed by atoms with E-state index in [-0.39, 0.29) is 42.8 Å². The molecule has 3 atom stereocenters. The number of hydrogen-bond donors (Lipinski definition) is 1. The Kier molecular flexibility index (Phi) is 7.84. The second-order valence-electron chi connectivity index (χ2n) is 6.94. The summed E-state index contributed by atoms with van der Waals surface area (Å²) in [6.07, 6.45) is 3.95. The number of halogens is 2. The van der Waals surface area contributed by atoms with E-state index in [0.29, 0.717) is 18.9 Å². The van der Waals surface area contributed by atoms with Crippen molar-refractivity contribution in [1.82, 2.24) is 4.90 Å². The standard InChI is InChI=1S/C18H27N3O.2ClH/c1-13-11-20(2)17-9-4-3-6-15(17)12-21(13)18(22)10-14-7-5-8-16(14)19;;/h3-4,6,9,13-14,16H,5,7-8,10-12,19H2,1-2H3;2*1H/t13?,14-,16+;;/m0../s1. The number of nitrogens with zero attached hydrogens (tertiary/aromatic N) is 2. The van der Waals surface area contributed by atoms with Crippen LogP contribution >= 0.6 is 24.8 Å². The predicted octanol–water partition coefficient (Wildman–Crippen LogP) is 3.21. The topological polar surface area (TPSA) is 49.6 Å². The molecule has 0 radical (unpaired) electrons. The van der Waals surface area contributed by atoms with Crippen LogP contribution in [0.3, 0.4) is 0 Å². The van der Waals surface area contributed by atoms with Crippen LogP contribution in [-0.4, -0.2) is 36.5 Å². The molecule has 0 spiro atoms. The number of para-hydroxylation sites is 1. The van der Waals surface area contributed by atoms with Crippen LogP contribution in [0.25, 0.3) is 0 Å². The molecule has 4 nitrogen and oxygen atoms in total. The third kappa shape index (κ3) is 4.35. The Hall–Kier alpha value is -0.970. The van der Waals surface area contributed by atoms with Gasteiger partial charge in [-0.3, -0.25) is 4.79 Å². The van der Waals surface area contributed by atoms with E-state index >= 15 is 0 Å². The van der Waals surface area contributed by atoms with Gasteiger partial charge in [-0.15, -0.1) is 24.8 Å². The fourth-order valence-electron chi connectivity index (χ4n) is 3.94. The van der Waals surface area contributed by atoms with Crippen LogP contribution < -0.4 is 10.6 Å². The van der Waals surface area contributed by atoms with Crippen molar-refractivity contribution in [3.63, 3.8) is 0 Å². The summed E-state index contributed by atoms with van der Waals surface area (Å²) in [7, 11) is 2.11. The molecule has 0 bridgehead atoms. The van der Waals surface area contributed by atoms with Crippen molar-refractivity contribution in [1.29, 1.82) is 0 Å². The minimum Gasteiger partial charge on any atom is -0.372 e. The Morgan fingerprint density at radius 1 is 1.25 bits per heavy atom. The van der Waals surface area contributed by atoms with Gasteiger partial charge in [0.25, 0.3) is 0 Å². The van der Waals surface area contributed by atoms with Crippen molar-refractivity contribution in [2.24, 2.45) is 11.7 Å². The summed E-state index contributed by atoms with van der Waals surface area (Å²) < 4.78 is 0. The van der Waals surface area contributed by atoms with Gasteiger partial charge < -0.3 is 15.5 Å². The fourth-order valence-corrected chi connectivity index (χ4v) is 3.94. The van der Waals surface area contributed by atoms with E-state index in [9.17, 15) is 4.79 Å². The Morgan fingerprint density at radius 3 is 2.62 bits per heavy atom. The zero-order valence-electron chi connectivity index (χ0n) is 14.5. The predicted molar refractivity (Wildman–Crippen MR) is 104 cm³/mol. The summed E-state index contributed by atoms with van der Waals surface area (Å²) in [6, 6.07) is 8.82. The first-order valence-corrected chi connectivity index (χ1v) is 8.40. The first-order valence-electron chi connectivity index (χ1n) is 8.40. The molecule has 2 N–H and O–H groups in total. The number of anilines is 1. The maximum Gasteiger partial charge on any atom is 0.223 e. The van der Waals surface area contributed by atoms with Crippen molar-refractivity contribution < 1.29 is 4.79 Å². The highest BCUT2D eigenvalue weighted by atomic mass is 35.5. The number of rotatable bonds is 2. The number of likely N-dealkylation sites (N-methyl/N-ethyl adjacent to an activating group) is 1. The highest BCUT2D eigenvalue weighted by Crippen LogP contribution is 2.30. The van der Waals surface area contributed by atoms with E-state index in [1.165, 1.54) is 17.7 Å². The summed E-state index contributed by atoms with van der Waals surface area (Å²) in [5, 5.41) is 0. The second kappa shape index (κ2) is 8.93. The van der Waals surface area contributed by atoms with Crippen LogP contribution in [-0.2, 0) is 11.3 Å². The van der Waals surface area contributed by atoms with Crippen molar-refractivity contribution in [3.05, 3.63) is 29.8 Å². The molecule has 3 rings (SSSR count). The molecular weight excluding hydrogens is 345 g/mol. The van der Waals surface area contributed by atoms with Crippen molar-refractivity contribution in [3.8, 4) is 0 Å². The number of carbonyl (C=O) groups is 1. The van der Waals surface area contributed by atoms with Crippen LogP contribution in [0.1, 0.15) is 38.2 Å². The Bertz CT molecular complexity index is 555. The van der Waals surface area contributed by atoms with Gasteiger partial charge in [0.05, 0.1) is 0 Å². The minimum atomic E-state index is 0. The molecule has 1 aromatic rings. The zero-order valence-corrected chi connectivity index (χ0v) is 16.1. The smallest absolute Gasteiger partial charge is 0.223 e. The Labute approximate surface area is 157 Å².